The maximum Gasteiger partial charge on any atom is 0.230 e. The first-order valence-corrected chi connectivity index (χ1v) is 6.51. The highest BCUT2D eigenvalue weighted by Crippen LogP contribution is 2.64. The van der Waals surface area contributed by atoms with Gasteiger partial charge in [-0.1, -0.05) is 11.6 Å². The third-order valence-electron chi connectivity index (χ3n) is 4.44. The van der Waals surface area contributed by atoms with Crippen LogP contribution in [0.5, 0.6) is 0 Å². The minimum Gasteiger partial charge on any atom is -0.367 e. The Kier molecular flexibility index (Phi) is 2.01. The van der Waals surface area contributed by atoms with Gasteiger partial charge in [-0.2, -0.15) is 0 Å². The summed E-state index contributed by atoms with van der Waals surface area (Å²) in [5.41, 5.74) is 9.05. The Balaban J connectivity index is 1.77. The smallest absolute Gasteiger partial charge is 0.230 e. The van der Waals surface area contributed by atoms with Crippen molar-refractivity contribution in [2.45, 2.75) is 25.2 Å². The van der Waals surface area contributed by atoms with Gasteiger partial charge in [-0.15, -0.1) is 0 Å². The number of hydrogen-bond donors (Lipinski definition) is 1. The molecule has 2 aliphatic carbocycles. The van der Waals surface area contributed by atoms with Crippen molar-refractivity contribution in [2.24, 2.45) is 11.8 Å². The number of fused-ring (bicyclic) bond motifs is 1. The molecule has 2 aliphatic rings. The van der Waals surface area contributed by atoms with Crippen LogP contribution in [0.25, 0.3) is 11.1 Å². The van der Waals surface area contributed by atoms with Crippen molar-refractivity contribution in [1.29, 1.82) is 0 Å². The zero-order valence-electron chi connectivity index (χ0n) is 10.0. The molecule has 2 aromatic heterocycles. The predicted molar refractivity (Wildman–Crippen MR) is 67.7 cm³/mol. The highest BCUT2D eigenvalue weighted by molar-refractivity contribution is 5.75. The van der Waals surface area contributed by atoms with Crippen LogP contribution in [0.4, 0.5) is 5.88 Å². The number of nitrogen functional groups attached to an aromatic ring is 1. The fourth-order valence-corrected chi connectivity index (χ4v) is 3.58. The van der Waals surface area contributed by atoms with Gasteiger partial charge in [0.15, 0.2) is 0 Å². The van der Waals surface area contributed by atoms with E-state index >= 15 is 0 Å². The van der Waals surface area contributed by atoms with Crippen LogP contribution in [0.1, 0.15) is 30.9 Å². The van der Waals surface area contributed by atoms with Crippen molar-refractivity contribution in [3.8, 4) is 11.1 Å². The Morgan fingerprint density at radius 1 is 1.17 bits per heavy atom. The molecule has 4 rings (SSSR count). The molecule has 2 fully saturated rings. The molecule has 0 aromatic carbocycles. The fourth-order valence-electron chi connectivity index (χ4n) is 3.58. The number of nitrogens with zero attached hydrogens (tertiary/aromatic N) is 2. The van der Waals surface area contributed by atoms with Crippen molar-refractivity contribution in [3.05, 3.63) is 30.2 Å². The van der Waals surface area contributed by atoms with Gasteiger partial charge < -0.3 is 10.3 Å². The summed E-state index contributed by atoms with van der Waals surface area (Å²) < 4.78 is 5.22. The van der Waals surface area contributed by atoms with E-state index in [4.69, 9.17) is 10.3 Å². The minimum absolute atomic E-state index is 0.432. The fraction of sp³-hybridized carbons (Fsp3) is 0.429. The summed E-state index contributed by atoms with van der Waals surface area (Å²) in [5, 5.41) is 4.22. The Bertz CT molecular complexity index is 568. The van der Waals surface area contributed by atoms with E-state index in [0.717, 1.165) is 28.7 Å². The van der Waals surface area contributed by atoms with Gasteiger partial charge in [-0.05, 0) is 42.4 Å². The molecule has 2 aromatic rings. The van der Waals surface area contributed by atoms with Crippen LogP contribution in [0.2, 0.25) is 0 Å². The van der Waals surface area contributed by atoms with Crippen LogP contribution in [-0.2, 0) is 0 Å². The lowest BCUT2D eigenvalue weighted by atomic mass is 10.0. The van der Waals surface area contributed by atoms with Crippen molar-refractivity contribution >= 4 is 5.88 Å². The molecule has 18 heavy (non-hydrogen) atoms. The van der Waals surface area contributed by atoms with Crippen molar-refractivity contribution in [1.82, 2.24) is 10.1 Å². The number of anilines is 1. The molecule has 4 nitrogen and oxygen atoms in total. The lowest BCUT2D eigenvalue weighted by Crippen LogP contribution is -1.93. The molecule has 2 N–H and O–H groups in total. The zero-order chi connectivity index (χ0) is 12.1. The Labute approximate surface area is 105 Å². The molecule has 92 valence electrons. The van der Waals surface area contributed by atoms with Crippen LogP contribution < -0.4 is 5.73 Å². The summed E-state index contributed by atoms with van der Waals surface area (Å²) in [6, 6.07) is 3.93. The summed E-state index contributed by atoms with van der Waals surface area (Å²) in [4.78, 5) is 4.04. The Hall–Kier alpha value is -1.84. The molecule has 0 saturated heterocycles. The van der Waals surface area contributed by atoms with E-state index in [1.54, 1.807) is 12.4 Å². The monoisotopic (exact) mass is 241 g/mol. The summed E-state index contributed by atoms with van der Waals surface area (Å²) in [5.74, 6) is 2.63. The van der Waals surface area contributed by atoms with Gasteiger partial charge in [0, 0.05) is 18.3 Å². The van der Waals surface area contributed by atoms with Gasteiger partial charge in [0.2, 0.25) is 5.88 Å². The highest BCUT2D eigenvalue weighted by atomic mass is 16.5. The van der Waals surface area contributed by atoms with Gasteiger partial charge in [0.25, 0.3) is 0 Å². The lowest BCUT2D eigenvalue weighted by molar-refractivity contribution is 0.424. The molecule has 2 atom stereocenters. The minimum atomic E-state index is 0.432. The predicted octanol–water partition coefficient (Wildman–Crippen LogP) is 2.83. The molecule has 0 spiro atoms. The molecule has 2 saturated carbocycles. The Morgan fingerprint density at radius 2 is 1.89 bits per heavy atom. The quantitative estimate of drug-likeness (QED) is 0.878. The van der Waals surface area contributed by atoms with Gasteiger partial charge in [0.05, 0.1) is 11.3 Å². The van der Waals surface area contributed by atoms with E-state index in [2.05, 4.69) is 10.1 Å². The average Bonchev–Trinajstić information content (AvgIpc) is 2.79. The summed E-state index contributed by atoms with van der Waals surface area (Å²) in [6.07, 6.45) is 7.58. The van der Waals surface area contributed by atoms with Gasteiger partial charge in [-0.3, -0.25) is 4.98 Å². The first kappa shape index (κ1) is 10.1. The van der Waals surface area contributed by atoms with Crippen molar-refractivity contribution in [3.63, 3.8) is 0 Å². The topological polar surface area (TPSA) is 64.9 Å². The molecule has 0 radical (unpaired) electrons. The molecule has 0 bridgehead atoms. The molecular formula is C14H15N3O. The molecule has 0 amide bonds. The van der Waals surface area contributed by atoms with Gasteiger partial charge in [0.1, 0.15) is 0 Å². The second kappa shape index (κ2) is 3.57. The number of pyridine rings is 1. The standard InChI is InChI=1S/C14H15N3O/c15-14-11(8-4-6-16-7-5-8)13(17-18-14)12-9-2-1-3-10(9)12/h4-7,9-10,12H,1-3,15H2. The third kappa shape index (κ3) is 1.32. The van der Waals surface area contributed by atoms with Crippen molar-refractivity contribution < 1.29 is 4.52 Å². The van der Waals surface area contributed by atoms with Crippen LogP contribution >= 0.6 is 0 Å². The van der Waals surface area contributed by atoms with Crippen LogP contribution in [0, 0.1) is 11.8 Å². The zero-order valence-corrected chi connectivity index (χ0v) is 10.0. The second-order valence-corrected chi connectivity index (χ2v) is 5.33. The molecule has 0 aliphatic heterocycles. The van der Waals surface area contributed by atoms with Crippen molar-refractivity contribution in [2.75, 3.05) is 5.73 Å². The number of rotatable bonds is 2. The van der Waals surface area contributed by atoms with Gasteiger partial charge >= 0.3 is 0 Å². The molecule has 2 unspecified atom stereocenters. The van der Waals surface area contributed by atoms with Crippen LogP contribution in [-0.4, -0.2) is 10.1 Å². The second-order valence-electron chi connectivity index (χ2n) is 5.33. The first-order chi connectivity index (χ1) is 8.86. The van der Waals surface area contributed by atoms with E-state index in [9.17, 15) is 0 Å². The molecule has 4 heteroatoms. The van der Waals surface area contributed by atoms with E-state index in [1.165, 1.54) is 19.3 Å². The molecular weight excluding hydrogens is 226 g/mol. The Morgan fingerprint density at radius 3 is 2.61 bits per heavy atom. The number of nitrogens with two attached hydrogens (primary N) is 1. The van der Waals surface area contributed by atoms with E-state index in [1.807, 2.05) is 12.1 Å². The first-order valence-electron chi connectivity index (χ1n) is 6.51. The normalized spacial score (nSPS) is 29.2. The highest BCUT2D eigenvalue weighted by Gasteiger charge is 2.55. The maximum atomic E-state index is 5.94. The SMILES string of the molecule is Nc1onc(C2C3CCCC32)c1-c1ccncc1. The number of aromatic nitrogens is 2. The van der Waals surface area contributed by atoms with Crippen LogP contribution in [0.3, 0.4) is 0 Å². The lowest BCUT2D eigenvalue weighted by Gasteiger charge is -2.03. The molecule has 2 heterocycles. The summed E-state index contributed by atoms with van der Waals surface area (Å²) in [6.45, 7) is 0. The summed E-state index contributed by atoms with van der Waals surface area (Å²) >= 11 is 0. The van der Waals surface area contributed by atoms with E-state index in [0.29, 0.717) is 11.8 Å². The average molecular weight is 241 g/mol. The summed E-state index contributed by atoms with van der Waals surface area (Å²) in [7, 11) is 0. The number of hydrogen-bond acceptors (Lipinski definition) is 4. The maximum absolute atomic E-state index is 5.94. The largest absolute Gasteiger partial charge is 0.367 e. The van der Waals surface area contributed by atoms with Crippen LogP contribution in [0.15, 0.2) is 29.0 Å². The van der Waals surface area contributed by atoms with E-state index in [-0.39, 0.29) is 0 Å². The third-order valence-corrected chi connectivity index (χ3v) is 4.44. The van der Waals surface area contributed by atoms with E-state index < -0.39 is 0 Å². The van der Waals surface area contributed by atoms with Gasteiger partial charge in [-0.25, -0.2) is 0 Å².